The number of unbranched alkanes of at least 4 members (excludes halogenated alkanes) is 1. The van der Waals surface area contributed by atoms with Gasteiger partial charge in [0.15, 0.2) is 0 Å². The predicted molar refractivity (Wildman–Crippen MR) is 86.6 cm³/mol. The van der Waals surface area contributed by atoms with E-state index in [9.17, 15) is 4.79 Å². The van der Waals surface area contributed by atoms with Gasteiger partial charge in [-0.05, 0) is 25.0 Å². The minimum atomic E-state index is 0.135. The molecule has 1 aliphatic heterocycles. The molecule has 0 N–H and O–H groups in total. The lowest BCUT2D eigenvalue weighted by atomic mass is 10.3. The minimum absolute atomic E-state index is 0.135. The van der Waals surface area contributed by atoms with Gasteiger partial charge in [-0.3, -0.25) is 4.79 Å². The summed E-state index contributed by atoms with van der Waals surface area (Å²) in [6, 6.07) is 3.92. The van der Waals surface area contributed by atoms with Crippen molar-refractivity contribution in [2.45, 2.75) is 31.6 Å². The summed E-state index contributed by atoms with van der Waals surface area (Å²) >= 11 is 9.23. The topological polar surface area (TPSA) is 29.5 Å². The van der Waals surface area contributed by atoms with E-state index in [1.54, 1.807) is 23.1 Å². The highest BCUT2D eigenvalue weighted by atomic mass is 35.5. The van der Waals surface area contributed by atoms with Gasteiger partial charge in [0.25, 0.3) is 0 Å². The molecule has 0 bridgehead atoms. The van der Waals surface area contributed by atoms with Crippen molar-refractivity contribution in [2.75, 3.05) is 25.5 Å². The van der Waals surface area contributed by atoms with Crippen molar-refractivity contribution < 1.29 is 9.53 Å². The summed E-state index contributed by atoms with van der Waals surface area (Å²) in [4.78, 5) is 15.1. The SMILES string of the molecule is CCCCOCCCN1C(=O)CSC1c1ccc(Cl)s1. The van der Waals surface area contributed by atoms with E-state index in [1.807, 2.05) is 17.0 Å². The zero-order valence-corrected chi connectivity index (χ0v) is 14.0. The van der Waals surface area contributed by atoms with Crippen LogP contribution in [-0.4, -0.2) is 36.3 Å². The highest BCUT2D eigenvalue weighted by Crippen LogP contribution is 2.42. The highest BCUT2D eigenvalue weighted by Gasteiger charge is 2.33. The van der Waals surface area contributed by atoms with Crippen molar-refractivity contribution in [3.63, 3.8) is 0 Å². The first kappa shape index (κ1) is 16.1. The van der Waals surface area contributed by atoms with Crippen LogP contribution in [-0.2, 0) is 9.53 Å². The summed E-state index contributed by atoms with van der Waals surface area (Å²) in [7, 11) is 0. The summed E-state index contributed by atoms with van der Waals surface area (Å²) in [5.41, 5.74) is 0. The zero-order valence-electron chi connectivity index (χ0n) is 11.6. The number of carbonyl (C=O) groups is 1. The quantitative estimate of drug-likeness (QED) is 0.668. The average Bonchev–Trinajstić information content (AvgIpc) is 3.01. The van der Waals surface area contributed by atoms with Crippen molar-refractivity contribution in [3.05, 3.63) is 21.3 Å². The first-order chi connectivity index (χ1) is 9.72. The third kappa shape index (κ3) is 4.38. The van der Waals surface area contributed by atoms with Crippen LogP contribution in [0.3, 0.4) is 0 Å². The van der Waals surface area contributed by atoms with Crippen LogP contribution in [0.25, 0.3) is 0 Å². The van der Waals surface area contributed by atoms with Crippen LogP contribution in [0.2, 0.25) is 4.34 Å². The summed E-state index contributed by atoms with van der Waals surface area (Å²) < 4.78 is 6.33. The summed E-state index contributed by atoms with van der Waals surface area (Å²) in [5, 5.41) is 0.135. The molecule has 1 aromatic rings. The molecule has 6 heteroatoms. The molecule has 2 rings (SSSR count). The lowest BCUT2D eigenvalue weighted by molar-refractivity contribution is -0.128. The first-order valence-electron chi connectivity index (χ1n) is 6.96. The third-order valence-corrected chi connectivity index (χ3v) is 5.81. The van der Waals surface area contributed by atoms with Crippen LogP contribution in [0.4, 0.5) is 0 Å². The Hall–Kier alpha value is -0.230. The Kier molecular flexibility index (Phi) is 6.68. The molecule has 0 saturated carbocycles. The van der Waals surface area contributed by atoms with Gasteiger partial charge in [0.1, 0.15) is 5.37 Å². The number of carbonyl (C=O) groups excluding carboxylic acids is 1. The van der Waals surface area contributed by atoms with E-state index in [1.165, 1.54) is 0 Å². The Bertz CT molecular complexity index is 439. The molecule has 1 saturated heterocycles. The average molecular weight is 334 g/mol. The molecule has 0 radical (unpaired) electrons. The Labute approximate surface area is 133 Å². The molecule has 0 aliphatic carbocycles. The van der Waals surface area contributed by atoms with Crippen LogP contribution in [0.15, 0.2) is 12.1 Å². The summed E-state index contributed by atoms with van der Waals surface area (Å²) in [6.07, 6.45) is 3.16. The smallest absolute Gasteiger partial charge is 0.233 e. The van der Waals surface area contributed by atoms with Crippen molar-refractivity contribution in [1.29, 1.82) is 0 Å². The monoisotopic (exact) mass is 333 g/mol. The minimum Gasteiger partial charge on any atom is -0.381 e. The molecule has 1 fully saturated rings. The van der Waals surface area contributed by atoms with E-state index in [4.69, 9.17) is 16.3 Å². The maximum absolute atomic E-state index is 12.0. The molecule has 112 valence electrons. The number of halogens is 1. The molecule has 20 heavy (non-hydrogen) atoms. The van der Waals surface area contributed by atoms with E-state index in [0.717, 1.165) is 48.2 Å². The van der Waals surface area contributed by atoms with Gasteiger partial charge in [-0.25, -0.2) is 0 Å². The molecule has 1 amide bonds. The lowest BCUT2D eigenvalue weighted by Gasteiger charge is -2.22. The Balaban J connectivity index is 1.80. The number of rotatable bonds is 8. The second-order valence-corrected chi connectivity index (χ2v) is 7.53. The number of hydrogen-bond acceptors (Lipinski definition) is 4. The molecule has 1 aromatic heterocycles. The highest BCUT2D eigenvalue weighted by molar-refractivity contribution is 8.00. The second-order valence-electron chi connectivity index (χ2n) is 4.71. The van der Waals surface area contributed by atoms with Gasteiger partial charge in [-0.1, -0.05) is 24.9 Å². The van der Waals surface area contributed by atoms with Gasteiger partial charge in [0.05, 0.1) is 10.1 Å². The fourth-order valence-electron chi connectivity index (χ4n) is 2.08. The van der Waals surface area contributed by atoms with Crippen LogP contribution in [0.5, 0.6) is 0 Å². The van der Waals surface area contributed by atoms with E-state index < -0.39 is 0 Å². The molecule has 0 spiro atoms. The Morgan fingerprint density at radius 2 is 2.20 bits per heavy atom. The summed E-state index contributed by atoms with van der Waals surface area (Å²) in [6.45, 7) is 4.47. The number of nitrogens with zero attached hydrogens (tertiary/aromatic N) is 1. The number of thioether (sulfide) groups is 1. The summed E-state index contributed by atoms with van der Waals surface area (Å²) in [5.74, 6) is 0.787. The number of ether oxygens (including phenoxy) is 1. The van der Waals surface area contributed by atoms with Gasteiger partial charge in [0, 0.05) is 24.6 Å². The van der Waals surface area contributed by atoms with Gasteiger partial charge >= 0.3 is 0 Å². The van der Waals surface area contributed by atoms with E-state index in [-0.39, 0.29) is 11.3 Å². The van der Waals surface area contributed by atoms with Crippen molar-refractivity contribution in [1.82, 2.24) is 4.90 Å². The van der Waals surface area contributed by atoms with Crippen molar-refractivity contribution in [3.8, 4) is 0 Å². The van der Waals surface area contributed by atoms with Crippen LogP contribution >= 0.6 is 34.7 Å². The van der Waals surface area contributed by atoms with E-state index in [2.05, 4.69) is 6.92 Å². The fraction of sp³-hybridized carbons (Fsp3) is 0.643. The maximum atomic E-state index is 12.0. The maximum Gasteiger partial charge on any atom is 0.233 e. The fourth-order valence-corrected chi connectivity index (χ4v) is 4.59. The van der Waals surface area contributed by atoms with Crippen LogP contribution in [0, 0.1) is 0 Å². The number of hydrogen-bond donors (Lipinski definition) is 0. The third-order valence-electron chi connectivity index (χ3n) is 3.14. The van der Waals surface area contributed by atoms with Crippen molar-refractivity contribution >= 4 is 40.6 Å². The molecular weight excluding hydrogens is 314 g/mol. The number of thiophene rings is 1. The molecular formula is C14H20ClNO2S2. The Morgan fingerprint density at radius 1 is 1.40 bits per heavy atom. The molecule has 0 aromatic carbocycles. The van der Waals surface area contributed by atoms with E-state index >= 15 is 0 Å². The molecule has 3 nitrogen and oxygen atoms in total. The van der Waals surface area contributed by atoms with Crippen LogP contribution < -0.4 is 0 Å². The van der Waals surface area contributed by atoms with Crippen LogP contribution in [0.1, 0.15) is 36.4 Å². The second kappa shape index (κ2) is 8.27. The standard InChI is InChI=1S/C14H20ClNO2S2/c1-2-3-8-18-9-4-7-16-13(17)10-19-14(16)11-5-6-12(15)20-11/h5-6,14H,2-4,7-10H2,1H3. The normalized spacial score (nSPS) is 19.0. The van der Waals surface area contributed by atoms with E-state index in [0.29, 0.717) is 5.75 Å². The Morgan fingerprint density at radius 3 is 2.90 bits per heavy atom. The van der Waals surface area contributed by atoms with Crippen molar-refractivity contribution in [2.24, 2.45) is 0 Å². The lowest BCUT2D eigenvalue weighted by Crippen LogP contribution is -2.29. The molecule has 1 unspecified atom stereocenters. The molecule has 2 heterocycles. The van der Waals surface area contributed by atoms with Gasteiger partial charge in [-0.15, -0.1) is 23.1 Å². The first-order valence-corrected chi connectivity index (χ1v) is 9.20. The molecule has 1 atom stereocenters. The number of amides is 1. The molecule has 1 aliphatic rings. The van der Waals surface area contributed by atoms with Gasteiger partial charge in [-0.2, -0.15) is 0 Å². The zero-order chi connectivity index (χ0) is 14.4. The largest absolute Gasteiger partial charge is 0.381 e. The van der Waals surface area contributed by atoms with Gasteiger partial charge in [0.2, 0.25) is 5.91 Å². The predicted octanol–water partition coefficient (Wildman–Crippen LogP) is 4.18. The van der Waals surface area contributed by atoms with Gasteiger partial charge < -0.3 is 9.64 Å².